The summed E-state index contributed by atoms with van der Waals surface area (Å²) in [4.78, 5) is 0. The number of aromatic nitrogens is 1. The first-order valence-electron chi connectivity index (χ1n) is 14.3. The van der Waals surface area contributed by atoms with Crippen molar-refractivity contribution in [1.29, 1.82) is 0 Å². The molecule has 2 aliphatic rings. The SMILES string of the molecule is CCCCc1cccc2c3[n+](ccc12)C(CC)(CC)C=Cc1cc2c(cc1-3)C(C)(C)C(C)(C)C2(C)C. The number of aryl methyl sites for hydroxylation is 1. The van der Waals surface area contributed by atoms with Gasteiger partial charge in [-0.25, -0.2) is 0 Å². The van der Waals surface area contributed by atoms with E-state index in [1.54, 1.807) is 0 Å². The maximum absolute atomic E-state index is 2.62. The summed E-state index contributed by atoms with van der Waals surface area (Å²) < 4.78 is 2.62. The molecular formula is C35H46N+. The monoisotopic (exact) mass is 480 g/mol. The van der Waals surface area contributed by atoms with Gasteiger partial charge in [0.25, 0.3) is 0 Å². The van der Waals surface area contributed by atoms with Crippen molar-refractivity contribution in [2.45, 2.75) is 111 Å². The molecule has 1 aromatic heterocycles. The maximum Gasteiger partial charge on any atom is 0.221 e. The number of nitrogens with zero attached hydrogens (tertiary/aromatic N) is 1. The van der Waals surface area contributed by atoms with Gasteiger partial charge in [0.2, 0.25) is 5.69 Å². The minimum absolute atomic E-state index is 0.0171. The molecule has 0 bridgehead atoms. The van der Waals surface area contributed by atoms with Crippen molar-refractivity contribution in [1.82, 2.24) is 0 Å². The lowest BCUT2D eigenvalue weighted by Gasteiger charge is -2.44. The van der Waals surface area contributed by atoms with Crippen LogP contribution in [0.1, 0.15) is 110 Å². The smallest absolute Gasteiger partial charge is 0.189 e. The second kappa shape index (κ2) is 8.30. The Balaban J connectivity index is 1.90. The molecule has 2 heterocycles. The van der Waals surface area contributed by atoms with Crippen molar-refractivity contribution in [3.05, 3.63) is 70.9 Å². The van der Waals surface area contributed by atoms with E-state index in [0.29, 0.717) is 0 Å². The molecule has 190 valence electrons. The molecule has 0 spiro atoms. The quantitative estimate of drug-likeness (QED) is 0.320. The first kappa shape index (κ1) is 25.2. The molecule has 0 saturated carbocycles. The fraction of sp³-hybridized carbons (Fsp3) is 0.514. The zero-order valence-electron chi connectivity index (χ0n) is 24.2. The van der Waals surface area contributed by atoms with E-state index in [-0.39, 0.29) is 21.8 Å². The van der Waals surface area contributed by atoms with Crippen LogP contribution in [0.3, 0.4) is 0 Å². The normalized spacial score (nSPS) is 20.0. The van der Waals surface area contributed by atoms with Gasteiger partial charge in [0.05, 0.1) is 10.9 Å². The molecule has 1 aliphatic heterocycles. The summed E-state index contributed by atoms with van der Waals surface area (Å²) in [5, 5.41) is 2.82. The predicted molar refractivity (Wildman–Crippen MR) is 156 cm³/mol. The molecule has 0 N–H and O–H groups in total. The van der Waals surface area contributed by atoms with E-state index in [1.807, 2.05) is 0 Å². The maximum atomic E-state index is 2.62. The molecule has 36 heavy (non-hydrogen) atoms. The Kier molecular flexibility index (Phi) is 5.82. The molecule has 0 amide bonds. The Morgan fingerprint density at radius 3 is 2.08 bits per heavy atom. The molecule has 1 nitrogen and oxygen atoms in total. The summed E-state index contributed by atoms with van der Waals surface area (Å²) in [5.74, 6) is 0. The lowest BCUT2D eigenvalue weighted by molar-refractivity contribution is -0.742. The van der Waals surface area contributed by atoms with E-state index in [4.69, 9.17) is 0 Å². The third-order valence-electron chi connectivity index (χ3n) is 11.1. The molecular weight excluding hydrogens is 434 g/mol. The molecule has 1 heteroatoms. The van der Waals surface area contributed by atoms with Crippen LogP contribution in [0.25, 0.3) is 28.1 Å². The number of rotatable bonds is 5. The molecule has 3 aromatic rings. The van der Waals surface area contributed by atoms with Gasteiger partial charge >= 0.3 is 0 Å². The van der Waals surface area contributed by atoms with Gasteiger partial charge in [0, 0.05) is 18.9 Å². The summed E-state index contributed by atoms with van der Waals surface area (Å²) >= 11 is 0. The van der Waals surface area contributed by atoms with Gasteiger partial charge in [-0.1, -0.05) is 93.0 Å². The van der Waals surface area contributed by atoms with Crippen LogP contribution in [0.5, 0.6) is 0 Å². The number of allylic oxidation sites excluding steroid dienone is 1. The van der Waals surface area contributed by atoms with Gasteiger partial charge in [-0.2, -0.15) is 4.57 Å². The van der Waals surface area contributed by atoms with Gasteiger partial charge in [-0.05, 0) is 74.9 Å². The van der Waals surface area contributed by atoms with Crippen molar-refractivity contribution < 1.29 is 4.57 Å². The van der Waals surface area contributed by atoms with Crippen molar-refractivity contribution in [3.8, 4) is 11.3 Å². The van der Waals surface area contributed by atoms with Gasteiger partial charge in [0.1, 0.15) is 0 Å². The van der Waals surface area contributed by atoms with Crippen LogP contribution in [-0.2, 0) is 22.8 Å². The number of benzene rings is 2. The molecule has 1 aliphatic carbocycles. The van der Waals surface area contributed by atoms with Gasteiger partial charge in [-0.3, -0.25) is 0 Å². The fourth-order valence-electron chi connectivity index (χ4n) is 7.20. The average Bonchev–Trinajstić information content (AvgIpc) is 2.96. The average molecular weight is 481 g/mol. The van der Waals surface area contributed by atoms with Crippen LogP contribution in [0.2, 0.25) is 0 Å². The van der Waals surface area contributed by atoms with Crippen molar-refractivity contribution in [3.63, 3.8) is 0 Å². The number of hydrogen-bond acceptors (Lipinski definition) is 0. The zero-order chi connectivity index (χ0) is 26.1. The highest BCUT2D eigenvalue weighted by molar-refractivity contribution is 5.97. The highest BCUT2D eigenvalue weighted by atomic mass is 15.1. The molecule has 0 atom stereocenters. The first-order valence-corrected chi connectivity index (χ1v) is 14.3. The standard InChI is InChI=1S/C35H46N/c1-10-13-15-24-16-14-17-27-26(24)19-21-36-31(27)28-23-30-29(32(4,5)34(8,9)33(30,6)7)22-25(28)18-20-35(36,11-2)12-3/h14,16-23H,10-13,15H2,1-9H3/q+1. The first-order chi connectivity index (χ1) is 17.0. The predicted octanol–water partition coefficient (Wildman–Crippen LogP) is 9.27. The van der Waals surface area contributed by atoms with Crippen molar-refractivity contribution in [2.24, 2.45) is 5.41 Å². The third-order valence-corrected chi connectivity index (χ3v) is 11.1. The Hall–Kier alpha value is -2.41. The van der Waals surface area contributed by atoms with E-state index >= 15 is 0 Å². The highest BCUT2D eigenvalue weighted by Crippen LogP contribution is 2.62. The number of hydrogen-bond donors (Lipinski definition) is 0. The van der Waals surface area contributed by atoms with Gasteiger partial charge in [-0.15, -0.1) is 0 Å². The molecule has 0 fully saturated rings. The lowest BCUT2D eigenvalue weighted by Crippen LogP contribution is -2.55. The van der Waals surface area contributed by atoms with E-state index in [9.17, 15) is 0 Å². The molecule has 5 rings (SSSR count). The minimum atomic E-state index is -0.0171. The van der Waals surface area contributed by atoms with E-state index < -0.39 is 0 Å². The van der Waals surface area contributed by atoms with Crippen LogP contribution < -0.4 is 4.57 Å². The molecule has 0 unspecified atom stereocenters. The summed E-state index contributed by atoms with van der Waals surface area (Å²) in [5.41, 5.74) is 9.04. The number of unbranched alkanes of at least 4 members (excludes halogenated alkanes) is 1. The van der Waals surface area contributed by atoms with E-state index in [1.165, 1.54) is 57.1 Å². The Bertz CT molecular complexity index is 1360. The van der Waals surface area contributed by atoms with Gasteiger partial charge in [0.15, 0.2) is 11.7 Å². The Labute approximate surface area is 219 Å². The molecule has 0 radical (unpaired) electrons. The summed E-state index contributed by atoms with van der Waals surface area (Å²) in [6.45, 7) is 21.7. The van der Waals surface area contributed by atoms with Crippen LogP contribution in [0.4, 0.5) is 0 Å². The van der Waals surface area contributed by atoms with Crippen LogP contribution in [0, 0.1) is 5.41 Å². The number of fused-ring (bicyclic) bond motifs is 6. The second-order valence-corrected chi connectivity index (χ2v) is 13.0. The van der Waals surface area contributed by atoms with Crippen LogP contribution >= 0.6 is 0 Å². The second-order valence-electron chi connectivity index (χ2n) is 13.0. The molecule has 2 aromatic carbocycles. The Morgan fingerprint density at radius 1 is 0.778 bits per heavy atom. The van der Waals surface area contributed by atoms with Crippen LogP contribution in [0.15, 0.2) is 48.7 Å². The third kappa shape index (κ3) is 3.17. The number of pyridine rings is 1. The minimum Gasteiger partial charge on any atom is -0.189 e. The zero-order valence-corrected chi connectivity index (χ0v) is 24.2. The van der Waals surface area contributed by atoms with Crippen molar-refractivity contribution in [2.75, 3.05) is 0 Å². The van der Waals surface area contributed by atoms with E-state index in [2.05, 4.69) is 122 Å². The topological polar surface area (TPSA) is 3.88 Å². The van der Waals surface area contributed by atoms with Crippen LogP contribution in [-0.4, -0.2) is 0 Å². The molecule has 0 saturated heterocycles. The van der Waals surface area contributed by atoms with Crippen molar-refractivity contribution >= 4 is 16.8 Å². The van der Waals surface area contributed by atoms with Gasteiger partial charge < -0.3 is 0 Å². The summed E-state index contributed by atoms with van der Waals surface area (Å²) in [6, 6.07) is 14.5. The summed E-state index contributed by atoms with van der Waals surface area (Å²) in [7, 11) is 0. The summed E-state index contributed by atoms with van der Waals surface area (Å²) in [6.07, 6.45) is 13.1. The largest absolute Gasteiger partial charge is 0.221 e. The fourth-order valence-corrected chi connectivity index (χ4v) is 7.20. The Morgan fingerprint density at radius 2 is 1.44 bits per heavy atom. The highest BCUT2D eigenvalue weighted by Gasteiger charge is 2.57. The van der Waals surface area contributed by atoms with E-state index in [0.717, 1.165) is 19.3 Å². The lowest BCUT2D eigenvalue weighted by atomic mass is 9.59.